The summed E-state index contributed by atoms with van der Waals surface area (Å²) in [7, 11) is 0. The zero-order valence-corrected chi connectivity index (χ0v) is 21.6. The predicted octanol–water partition coefficient (Wildman–Crippen LogP) is 4.62. The van der Waals surface area contributed by atoms with Gasteiger partial charge in [0.1, 0.15) is 5.75 Å². The average Bonchev–Trinajstić information content (AvgIpc) is 3.43. The number of ether oxygens (including phenoxy) is 1. The molecule has 7 heteroatoms. The second-order valence-corrected chi connectivity index (χ2v) is 10.7. The Morgan fingerprint density at radius 3 is 2.42 bits per heavy atom. The first-order valence-electron chi connectivity index (χ1n) is 13.4. The molecule has 2 fully saturated rings. The van der Waals surface area contributed by atoms with Crippen molar-refractivity contribution >= 4 is 23.4 Å². The predicted molar refractivity (Wildman–Crippen MR) is 141 cm³/mol. The second kappa shape index (κ2) is 11.7. The molecule has 1 N–H and O–H groups in total. The number of nitrogens with zero attached hydrogens (tertiary/aromatic N) is 2. The molecular weight excluding hydrogens is 474 g/mol. The van der Waals surface area contributed by atoms with E-state index >= 15 is 0 Å². The van der Waals surface area contributed by atoms with E-state index in [0.29, 0.717) is 42.9 Å². The van der Waals surface area contributed by atoms with Crippen LogP contribution < -0.4 is 10.1 Å². The molecule has 3 aliphatic rings. The van der Waals surface area contributed by atoms with Crippen molar-refractivity contribution in [1.29, 1.82) is 0 Å². The number of halogens is 1. The van der Waals surface area contributed by atoms with E-state index in [9.17, 15) is 9.59 Å². The van der Waals surface area contributed by atoms with Gasteiger partial charge in [0.25, 0.3) is 5.91 Å². The minimum atomic E-state index is -0.121. The SMILES string of the molecule is O=C(N[C@@H]1CCCc2ccccc21)[C@@H](C1CCCC1)N1CCN(C(=O)COc2ccc(Cl)cc2)CC1. The summed E-state index contributed by atoms with van der Waals surface area (Å²) in [6, 6.07) is 15.5. The van der Waals surface area contributed by atoms with Crippen LogP contribution in [0.4, 0.5) is 0 Å². The summed E-state index contributed by atoms with van der Waals surface area (Å²) in [4.78, 5) is 30.7. The monoisotopic (exact) mass is 509 g/mol. The number of nitrogens with one attached hydrogen (secondary N) is 1. The summed E-state index contributed by atoms with van der Waals surface area (Å²) >= 11 is 5.92. The third kappa shape index (κ3) is 5.87. The number of rotatable bonds is 7. The highest BCUT2D eigenvalue weighted by Crippen LogP contribution is 2.33. The molecule has 6 nitrogen and oxygen atoms in total. The molecule has 1 saturated carbocycles. The van der Waals surface area contributed by atoms with Gasteiger partial charge < -0.3 is 15.0 Å². The number of hydrogen-bond acceptors (Lipinski definition) is 4. The minimum Gasteiger partial charge on any atom is -0.484 e. The highest BCUT2D eigenvalue weighted by Gasteiger charge is 2.38. The molecule has 0 aromatic heterocycles. The van der Waals surface area contributed by atoms with Gasteiger partial charge in [0, 0.05) is 31.2 Å². The first-order valence-corrected chi connectivity index (χ1v) is 13.7. The number of fused-ring (bicyclic) bond motifs is 1. The average molecular weight is 510 g/mol. The van der Waals surface area contributed by atoms with Gasteiger partial charge >= 0.3 is 0 Å². The highest BCUT2D eigenvalue weighted by atomic mass is 35.5. The Balaban J connectivity index is 1.19. The van der Waals surface area contributed by atoms with Crippen molar-refractivity contribution in [1.82, 2.24) is 15.1 Å². The molecule has 2 amide bonds. The summed E-state index contributed by atoms with van der Waals surface area (Å²) in [5.41, 5.74) is 2.64. The van der Waals surface area contributed by atoms with Gasteiger partial charge in [0.15, 0.2) is 6.61 Å². The molecule has 0 unspecified atom stereocenters. The number of benzene rings is 2. The van der Waals surface area contributed by atoms with Gasteiger partial charge in [0.05, 0.1) is 12.1 Å². The number of carbonyl (C=O) groups excluding carboxylic acids is 2. The normalized spacial score (nSPS) is 21.6. The largest absolute Gasteiger partial charge is 0.484 e. The van der Waals surface area contributed by atoms with E-state index in [-0.39, 0.29) is 30.5 Å². The molecule has 2 aromatic rings. The van der Waals surface area contributed by atoms with Crippen molar-refractivity contribution in [2.24, 2.45) is 5.92 Å². The standard InChI is InChI=1S/C29H36ClN3O3/c30-23-12-14-24(15-13-23)36-20-27(34)32-16-18-33(19-17-32)28(22-7-1-2-8-22)29(35)31-26-11-5-9-21-6-3-4-10-25(21)26/h3-4,6,10,12-15,22,26,28H,1-2,5,7-9,11,16-20H2,(H,31,35)/t26-,28-/m1/s1. The van der Waals surface area contributed by atoms with Crippen LogP contribution in [0.25, 0.3) is 0 Å². The Bertz CT molecular complexity index is 1050. The van der Waals surface area contributed by atoms with E-state index in [0.717, 1.165) is 32.1 Å². The molecule has 36 heavy (non-hydrogen) atoms. The van der Waals surface area contributed by atoms with Crippen molar-refractivity contribution < 1.29 is 14.3 Å². The number of carbonyl (C=O) groups is 2. The molecule has 1 saturated heterocycles. The lowest BCUT2D eigenvalue weighted by atomic mass is 9.87. The maximum atomic E-state index is 13.7. The first-order chi connectivity index (χ1) is 17.6. The third-order valence-electron chi connectivity index (χ3n) is 8.04. The molecule has 0 radical (unpaired) electrons. The molecule has 1 heterocycles. The summed E-state index contributed by atoms with van der Waals surface area (Å²) in [6.07, 6.45) is 7.79. The second-order valence-electron chi connectivity index (χ2n) is 10.3. The molecule has 2 aromatic carbocycles. The highest BCUT2D eigenvalue weighted by molar-refractivity contribution is 6.30. The van der Waals surface area contributed by atoms with E-state index in [2.05, 4.69) is 34.5 Å². The molecule has 5 rings (SSSR count). The summed E-state index contributed by atoms with van der Waals surface area (Å²) in [6.45, 7) is 2.66. The van der Waals surface area contributed by atoms with Crippen LogP contribution in [0.5, 0.6) is 5.75 Å². The van der Waals surface area contributed by atoms with E-state index < -0.39 is 0 Å². The van der Waals surface area contributed by atoms with Gasteiger partial charge in [-0.1, -0.05) is 48.7 Å². The minimum absolute atomic E-state index is 0.00919. The maximum Gasteiger partial charge on any atom is 0.260 e. The van der Waals surface area contributed by atoms with Crippen LogP contribution in [0.15, 0.2) is 48.5 Å². The topological polar surface area (TPSA) is 61.9 Å². The molecule has 1 aliphatic heterocycles. The summed E-state index contributed by atoms with van der Waals surface area (Å²) in [5.74, 6) is 1.16. The fourth-order valence-corrected chi connectivity index (χ4v) is 6.25. The van der Waals surface area contributed by atoms with Crippen LogP contribution in [0.3, 0.4) is 0 Å². The fraction of sp³-hybridized carbons (Fsp3) is 0.517. The molecule has 2 aliphatic carbocycles. The summed E-state index contributed by atoms with van der Waals surface area (Å²) < 4.78 is 5.66. The lowest BCUT2D eigenvalue weighted by Crippen LogP contribution is -2.58. The number of amides is 2. The Hall–Kier alpha value is -2.57. The zero-order chi connectivity index (χ0) is 24.9. The lowest BCUT2D eigenvalue weighted by molar-refractivity contribution is -0.137. The molecule has 192 valence electrons. The fourth-order valence-electron chi connectivity index (χ4n) is 6.13. The molecule has 2 atom stereocenters. The molecular formula is C29H36ClN3O3. The van der Waals surface area contributed by atoms with Crippen LogP contribution in [0.2, 0.25) is 5.02 Å². The maximum absolute atomic E-state index is 13.7. The zero-order valence-electron chi connectivity index (χ0n) is 20.8. The smallest absolute Gasteiger partial charge is 0.260 e. The van der Waals surface area contributed by atoms with Crippen molar-refractivity contribution in [3.63, 3.8) is 0 Å². The van der Waals surface area contributed by atoms with Crippen molar-refractivity contribution in [2.75, 3.05) is 32.8 Å². The van der Waals surface area contributed by atoms with E-state index in [4.69, 9.17) is 16.3 Å². The van der Waals surface area contributed by atoms with Crippen LogP contribution in [0, 0.1) is 5.92 Å². The Labute approximate surface area is 218 Å². The van der Waals surface area contributed by atoms with Crippen LogP contribution >= 0.6 is 11.6 Å². The van der Waals surface area contributed by atoms with Gasteiger partial charge in [-0.2, -0.15) is 0 Å². The van der Waals surface area contributed by atoms with E-state index in [1.165, 1.54) is 24.0 Å². The third-order valence-corrected chi connectivity index (χ3v) is 8.29. The van der Waals surface area contributed by atoms with Gasteiger partial charge in [-0.3, -0.25) is 14.5 Å². The van der Waals surface area contributed by atoms with Crippen molar-refractivity contribution in [3.05, 3.63) is 64.7 Å². The summed E-state index contributed by atoms with van der Waals surface area (Å²) in [5, 5.41) is 4.07. The van der Waals surface area contributed by atoms with Gasteiger partial charge in [0.2, 0.25) is 5.91 Å². The molecule has 0 bridgehead atoms. The number of piperazine rings is 1. The Kier molecular flexibility index (Phi) is 8.12. The van der Waals surface area contributed by atoms with Gasteiger partial charge in [-0.25, -0.2) is 0 Å². The van der Waals surface area contributed by atoms with Crippen LogP contribution in [-0.2, 0) is 16.0 Å². The van der Waals surface area contributed by atoms with E-state index in [1.807, 2.05) is 4.90 Å². The van der Waals surface area contributed by atoms with Crippen LogP contribution in [-0.4, -0.2) is 60.4 Å². The first kappa shape index (κ1) is 25.1. The Morgan fingerprint density at radius 2 is 1.67 bits per heavy atom. The van der Waals surface area contributed by atoms with Gasteiger partial charge in [-0.15, -0.1) is 0 Å². The number of hydrogen-bond donors (Lipinski definition) is 1. The van der Waals surface area contributed by atoms with Crippen molar-refractivity contribution in [3.8, 4) is 5.75 Å². The van der Waals surface area contributed by atoms with E-state index in [1.54, 1.807) is 24.3 Å². The van der Waals surface area contributed by atoms with Crippen LogP contribution in [0.1, 0.15) is 55.7 Å². The van der Waals surface area contributed by atoms with Gasteiger partial charge in [-0.05, 0) is 73.4 Å². The lowest BCUT2D eigenvalue weighted by Gasteiger charge is -2.41. The Morgan fingerprint density at radius 1 is 0.944 bits per heavy atom. The number of aryl methyl sites for hydroxylation is 1. The quantitative estimate of drug-likeness (QED) is 0.592. The van der Waals surface area contributed by atoms with Crippen molar-refractivity contribution in [2.45, 2.75) is 57.0 Å². The molecule has 0 spiro atoms.